The molecule has 6 heteroatoms. The van der Waals surface area contributed by atoms with Crippen molar-refractivity contribution in [3.05, 3.63) is 47.0 Å². The molecule has 0 aliphatic carbocycles. The lowest BCUT2D eigenvalue weighted by Gasteiger charge is -2.33. The second-order valence-corrected chi connectivity index (χ2v) is 7.93. The average Bonchev–Trinajstić information content (AvgIpc) is 2.42. The minimum absolute atomic E-state index is 0.541. The molecule has 0 spiro atoms. The molecule has 1 aromatic rings. The zero-order valence-corrected chi connectivity index (χ0v) is 13.9. The van der Waals surface area contributed by atoms with Crippen molar-refractivity contribution in [1.29, 1.82) is 0 Å². The molecular formula is C14H19BrN2O2S. The Kier molecular flexibility index (Phi) is 5.01. The van der Waals surface area contributed by atoms with E-state index in [1.807, 2.05) is 31.3 Å². The Balaban J connectivity index is 2.25. The van der Waals surface area contributed by atoms with E-state index in [2.05, 4.69) is 27.4 Å². The molecule has 0 aromatic heterocycles. The van der Waals surface area contributed by atoms with Gasteiger partial charge in [-0.05, 0) is 24.7 Å². The quantitative estimate of drug-likeness (QED) is 0.775. The number of hydrogen-bond acceptors (Lipinski definition) is 3. The van der Waals surface area contributed by atoms with Gasteiger partial charge in [0.15, 0.2) is 0 Å². The highest BCUT2D eigenvalue weighted by atomic mass is 79.9. The first-order valence-corrected chi connectivity index (χ1v) is 8.80. The van der Waals surface area contributed by atoms with Gasteiger partial charge in [-0.25, -0.2) is 8.42 Å². The molecule has 1 fully saturated rings. The Hall–Kier alpha value is -0.690. The van der Waals surface area contributed by atoms with E-state index < -0.39 is 15.3 Å². The van der Waals surface area contributed by atoms with Crippen molar-refractivity contribution >= 4 is 26.0 Å². The fraction of sp³-hybridized carbons (Fsp3) is 0.429. The summed E-state index contributed by atoms with van der Waals surface area (Å²) in [5, 5.41) is -0.681. The summed E-state index contributed by atoms with van der Waals surface area (Å²) in [6, 6.07) is 7.35. The lowest BCUT2D eigenvalue weighted by Crippen LogP contribution is -2.48. The van der Waals surface area contributed by atoms with Crippen LogP contribution in [-0.4, -0.2) is 50.8 Å². The van der Waals surface area contributed by atoms with Gasteiger partial charge in [0.25, 0.3) is 0 Å². The third-order valence-electron chi connectivity index (χ3n) is 3.56. The van der Waals surface area contributed by atoms with Crippen LogP contribution in [0.2, 0.25) is 0 Å². The second kappa shape index (κ2) is 6.39. The molecule has 1 saturated heterocycles. The van der Waals surface area contributed by atoms with Crippen molar-refractivity contribution in [2.75, 3.05) is 33.2 Å². The summed E-state index contributed by atoms with van der Waals surface area (Å²) >= 11 is 3.36. The van der Waals surface area contributed by atoms with Gasteiger partial charge in [-0.3, -0.25) is 0 Å². The van der Waals surface area contributed by atoms with Gasteiger partial charge in [0.05, 0.1) is 0 Å². The van der Waals surface area contributed by atoms with Crippen molar-refractivity contribution in [2.24, 2.45) is 0 Å². The van der Waals surface area contributed by atoms with E-state index in [1.54, 1.807) is 4.31 Å². The number of halogens is 1. The molecule has 20 heavy (non-hydrogen) atoms. The van der Waals surface area contributed by atoms with Gasteiger partial charge in [-0.1, -0.05) is 34.1 Å². The lowest BCUT2D eigenvalue weighted by molar-refractivity contribution is 0.221. The predicted molar refractivity (Wildman–Crippen MR) is 85.1 cm³/mol. The van der Waals surface area contributed by atoms with E-state index in [9.17, 15) is 8.42 Å². The molecule has 0 bridgehead atoms. The molecule has 4 nitrogen and oxygen atoms in total. The van der Waals surface area contributed by atoms with Crippen LogP contribution in [0.5, 0.6) is 0 Å². The SMILES string of the molecule is C=CC(c1ccc(Br)cc1)S(=O)(=O)N1CCN(C)CC1. The maximum atomic E-state index is 12.7. The fourth-order valence-electron chi connectivity index (χ4n) is 2.29. The third-order valence-corrected chi connectivity index (χ3v) is 6.28. The molecule has 1 unspecified atom stereocenters. The van der Waals surface area contributed by atoms with Gasteiger partial charge in [0, 0.05) is 30.7 Å². The van der Waals surface area contributed by atoms with Crippen LogP contribution in [0.3, 0.4) is 0 Å². The van der Waals surface area contributed by atoms with Crippen LogP contribution in [0.4, 0.5) is 0 Å². The van der Waals surface area contributed by atoms with Crippen molar-refractivity contribution in [1.82, 2.24) is 9.21 Å². The average molecular weight is 359 g/mol. The Bertz CT molecular complexity index is 563. The maximum absolute atomic E-state index is 12.7. The Morgan fingerprint density at radius 2 is 1.75 bits per heavy atom. The lowest BCUT2D eigenvalue weighted by atomic mass is 10.1. The Labute approximate surface area is 129 Å². The number of likely N-dealkylation sites (N-methyl/N-ethyl adjacent to an activating group) is 1. The smallest absolute Gasteiger partial charge is 0.224 e. The number of sulfonamides is 1. The first-order valence-electron chi connectivity index (χ1n) is 6.50. The van der Waals surface area contributed by atoms with Crippen molar-refractivity contribution < 1.29 is 8.42 Å². The molecule has 0 saturated carbocycles. The highest BCUT2D eigenvalue weighted by Gasteiger charge is 2.32. The van der Waals surface area contributed by atoms with Crippen LogP contribution in [0.1, 0.15) is 10.8 Å². The van der Waals surface area contributed by atoms with Crippen LogP contribution in [0.25, 0.3) is 0 Å². The first kappa shape index (κ1) is 15.7. The Morgan fingerprint density at radius 3 is 2.25 bits per heavy atom. The highest BCUT2D eigenvalue weighted by Crippen LogP contribution is 2.28. The van der Waals surface area contributed by atoms with Crippen LogP contribution in [-0.2, 0) is 10.0 Å². The molecule has 1 aliphatic rings. The van der Waals surface area contributed by atoms with Gasteiger partial charge < -0.3 is 4.90 Å². The van der Waals surface area contributed by atoms with Crippen LogP contribution < -0.4 is 0 Å². The maximum Gasteiger partial charge on any atom is 0.224 e. The summed E-state index contributed by atoms with van der Waals surface area (Å²) in [6.45, 7) is 6.33. The van der Waals surface area contributed by atoms with E-state index >= 15 is 0 Å². The summed E-state index contributed by atoms with van der Waals surface area (Å²) in [4.78, 5) is 2.13. The third kappa shape index (κ3) is 3.31. The largest absolute Gasteiger partial charge is 0.304 e. The standard InChI is InChI=1S/C14H19BrN2O2S/c1-3-14(12-4-6-13(15)7-5-12)20(18,19)17-10-8-16(2)9-11-17/h3-7,14H,1,8-11H2,2H3. The van der Waals surface area contributed by atoms with Gasteiger partial charge in [0.1, 0.15) is 5.25 Å². The van der Waals surface area contributed by atoms with Crippen LogP contribution >= 0.6 is 15.9 Å². The molecule has 1 heterocycles. The van der Waals surface area contributed by atoms with E-state index in [1.165, 1.54) is 6.08 Å². The van der Waals surface area contributed by atoms with Crippen molar-refractivity contribution in [3.63, 3.8) is 0 Å². The molecule has 2 rings (SSSR count). The number of rotatable bonds is 4. The first-order chi connectivity index (χ1) is 9.45. The summed E-state index contributed by atoms with van der Waals surface area (Å²) in [6.07, 6.45) is 1.51. The van der Waals surface area contributed by atoms with E-state index in [0.717, 1.165) is 23.1 Å². The summed E-state index contributed by atoms with van der Waals surface area (Å²) in [7, 11) is -1.39. The van der Waals surface area contributed by atoms with E-state index in [0.29, 0.717) is 13.1 Å². The van der Waals surface area contributed by atoms with Crippen molar-refractivity contribution in [2.45, 2.75) is 5.25 Å². The topological polar surface area (TPSA) is 40.6 Å². The minimum Gasteiger partial charge on any atom is -0.304 e. The number of nitrogens with zero attached hydrogens (tertiary/aromatic N) is 2. The predicted octanol–water partition coefficient (Wildman–Crippen LogP) is 2.25. The van der Waals surface area contributed by atoms with Gasteiger partial charge >= 0.3 is 0 Å². The zero-order chi connectivity index (χ0) is 14.8. The zero-order valence-electron chi connectivity index (χ0n) is 11.5. The molecular weight excluding hydrogens is 340 g/mol. The Morgan fingerprint density at radius 1 is 1.20 bits per heavy atom. The molecule has 0 amide bonds. The van der Waals surface area contributed by atoms with Crippen molar-refractivity contribution in [3.8, 4) is 0 Å². The fourth-order valence-corrected chi connectivity index (χ4v) is 4.29. The molecule has 1 aromatic carbocycles. The van der Waals surface area contributed by atoms with Gasteiger partial charge in [-0.15, -0.1) is 6.58 Å². The molecule has 1 atom stereocenters. The molecule has 1 aliphatic heterocycles. The van der Waals surface area contributed by atoms with Gasteiger partial charge in [-0.2, -0.15) is 4.31 Å². The van der Waals surface area contributed by atoms with E-state index in [-0.39, 0.29) is 0 Å². The molecule has 110 valence electrons. The normalized spacial score (nSPS) is 19.7. The highest BCUT2D eigenvalue weighted by molar-refractivity contribution is 9.10. The number of benzene rings is 1. The number of hydrogen-bond donors (Lipinski definition) is 0. The van der Waals surface area contributed by atoms with Crippen LogP contribution in [0, 0.1) is 0 Å². The molecule has 0 N–H and O–H groups in total. The second-order valence-electron chi connectivity index (χ2n) is 4.96. The van der Waals surface area contributed by atoms with Crippen LogP contribution in [0.15, 0.2) is 41.4 Å². The molecule has 0 radical (unpaired) electrons. The summed E-state index contributed by atoms with van der Waals surface area (Å²) in [5.74, 6) is 0. The number of piperazine rings is 1. The monoisotopic (exact) mass is 358 g/mol. The van der Waals surface area contributed by atoms with Gasteiger partial charge in [0.2, 0.25) is 10.0 Å². The summed E-state index contributed by atoms with van der Waals surface area (Å²) in [5.41, 5.74) is 0.752. The van der Waals surface area contributed by atoms with E-state index in [4.69, 9.17) is 0 Å². The minimum atomic E-state index is -3.39. The summed E-state index contributed by atoms with van der Waals surface area (Å²) < 4.78 is 28.0.